The molecule has 3 N–H and O–H groups in total. The normalized spacial score (nSPS) is 12.9. The summed E-state index contributed by atoms with van der Waals surface area (Å²) in [5.41, 5.74) is 2.37. The molecule has 2 atom stereocenters. The van der Waals surface area contributed by atoms with Gasteiger partial charge in [0.2, 0.25) is 0 Å². The van der Waals surface area contributed by atoms with Crippen LogP contribution in [0.3, 0.4) is 0 Å². The lowest BCUT2D eigenvalue weighted by Crippen LogP contribution is -2.43. The van der Waals surface area contributed by atoms with Crippen molar-refractivity contribution in [2.24, 2.45) is 0 Å². The van der Waals surface area contributed by atoms with Crippen LogP contribution in [0.2, 0.25) is 0 Å². The molecule has 0 bridgehead atoms. The van der Waals surface area contributed by atoms with Crippen LogP contribution in [-0.2, 0) is 16.1 Å². The van der Waals surface area contributed by atoms with E-state index in [1.807, 2.05) is 0 Å². The van der Waals surface area contributed by atoms with Gasteiger partial charge in [-0.1, -0.05) is 30.3 Å². The Hall–Kier alpha value is -3.14. The number of halogens is 3. The van der Waals surface area contributed by atoms with E-state index >= 15 is 0 Å². The summed E-state index contributed by atoms with van der Waals surface area (Å²) < 4.78 is 42.2. The molecule has 29 heavy (non-hydrogen) atoms. The fourth-order valence-electron chi connectivity index (χ4n) is 2.49. The van der Waals surface area contributed by atoms with Crippen molar-refractivity contribution in [1.82, 2.24) is 15.6 Å². The van der Waals surface area contributed by atoms with Gasteiger partial charge in [0, 0.05) is 11.8 Å². The van der Waals surface area contributed by atoms with Crippen LogP contribution in [0.25, 0.3) is 11.1 Å². The number of aliphatic hydroxyl groups excluding tert-OH is 1. The molecule has 1 aromatic carbocycles. The van der Waals surface area contributed by atoms with Crippen molar-refractivity contribution in [3.63, 3.8) is 0 Å². The van der Waals surface area contributed by atoms with E-state index in [-0.39, 0.29) is 12.1 Å². The summed E-state index contributed by atoms with van der Waals surface area (Å²) in [7, 11) is 1.26. The Kier molecular flexibility index (Phi) is 7.96. The van der Waals surface area contributed by atoms with Crippen molar-refractivity contribution in [2.75, 3.05) is 13.8 Å². The number of hydrogen-bond acceptors (Lipinski definition) is 5. The number of aliphatic hydroxyl groups is 1. The van der Waals surface area contributed by atoms with Gasteiger partial charge < -0.3 is 20.5 Å². The second-order valence-corrected chi connectivity index (χ2v) is 6.02. The second-order valence-electron chi connectivity index (χ2n) is 6.02. The molecule has 2 aromatic rings. The Balaban J connectivity index is 2.05. The highest BCUT2D eigenvalue weighted by Crippen LogP contribution is 2.23. The summed E-state index contributed by atoms with van der Waals surface area (Å²) >= 11 is 0. The van der Waals surface area contributed by atoms with Crippen molar-refractivity contribution in [1.29, 1.82) is 0 Å². The summed E-state index contributed by atoms with van der Waals surface area (Å²) in [5, 5.41) is 14.5. The predicted octanol–water partition coefficient (Wildman–Crippen LogP) is 2.36. The van der Waals surface area contributed by atoms with Crippen molar-refractivity contribution in [2.45, 2.75) is 25.1 Å². The molecule has 7 nitrogen and oxygen atoms in total. The maximum absolute atomic E-state index is 13.1. The third-order valence-electron chi connectivity index (χ3n) is 4.08. The topological polar surface area (TPSA) is 101 Å². The maximum atomic E-state index is 13.1. The van der Waals surface area contributed by atoms with Crippen LogP contribution in [0.4, 0.5) is 18.0 Å². The third kappa shape index (κ3) is 6.18. The van der Waals surface area contributed by atoms with Gasteiger partial charge in [-0.15, -0.1) is 0 Å². The molecule has 0 radical (unpaired) electrons. The summed E-state index contributed by atoms with van der Waals surface area (Å²) in [5.74, 6) is -1.64. The molecule has 0 aliphatic carbocycles. The zero-order chi connectivity index (χ0) is 21.4. The highest BCUT2D eigenvalue weighted by atomic mass is 19.3. The minimum absolute atomic E-state index is 0.201. The first-order chi connectivity index (χ1) is 13.8. The van der Waals surface area contributed by atoms with Gasteiger partial charge in [0.15, 0.2) is 0 Å². The number of methoxy groups -OCH3 is 1. The second kappa shape index (κ2) is 10.4. The van der Waals surface area contributed by atoms with Gasteiger partial charge in [0.25, 0.3) is 5.91 Å². The Morgan fingerprint density at radius 1 is 1.14 bits per heavy atom. The minimum atomic E-state index is -3.29. The molecule has 0 aliphatic heterocycles. The Labute approximate surface area is 164 Å². The number of nitrogens with one attached hydrogen (secondary N) is 2. The number of aromatic nitrogens is 1. The summed E-state index contributed by atoms with van der Waals surface area (Å²) in [6.45, 7) is -1.00. The number of amides is 2. The number of benzene rings is 1. The quantitative estimate of drug-likeness (QED) is 0.619. The molecule has 156 valence electrons. The lowest BCUT2D eigenvalue weighted by Gasteiger charge is -2.22. The average molecular weight is 411 g/mol. The minimum Gasteiger partial charge on any atom is -0.453 e. The van der Waals surface area contributed by atoms with Gasteiger partial charge in [-0.3, -0.25) is 9.78 Å². The lowest BCUT2D eigenvalue weighted by molar-refractivity contribution is -0.133. The molecule has 0 unspecified atom stereocenters. The van der Waals surface area contributed by atoms with E-state index in [1.165, 1.54) is 19.2 Å². The van der Waals surface area contributed by atoms with Crippen LogP contribution in [0.5, 0.6) is 0 Å². The van der Waals surface area contributed by atoms with E-state index in [0.29, 0.717) is 5.69 Å². The van der Waals surface area contributed by atoms with Gasteiger partial charge in [-0.05, 0) is 17.2 Å². The van der Waals surface area contributed by atoms with Crippen molar-refractivity contribution in [3.8, 4) is 11.1 Å². The van der Waals surface area contributed by atoms with E-state index in [9.17, 15) is 27.9 Å². The number of rotatable bonds is 8. The molecule has 0 spiro atoms. The fourth-order valence-corrected chi connectivity index (χ4v) is 2.49. The van der Waals surface area contributed by atoms with Gasteiger partial charge in [0.05, 0.1) is 25.4 Å². The summed E-state index contributed by atoms with van der Waals surface area (Å²) in [6, 6.07) is 8.31. The van der Waals surface area contributed by atoms with Crippen LogP contribution < -0.4 is 10.6 Å². The number of alkyl halides is 3. The predicted molar refractivity (Wildman–Crippen MR) is 97.8 cm³/mol. The van der Waals surface area contributed by atoms with Crippen LogP contribution in [0.15, 0.2) is 42.6 Å². The van der Waals surface area contributed by atoms with Gasteiger partial charge in [0.1, 0.15) is 12.8 Å². The number of carbonyl (C=O) groups is 2. The van der Waals surface area contributed by atoms with Crippen LogP contribution in [0.1, 0.15) is 17.4 Å². The first kappa shape index (κ1) is 22.2. The van der Waals surface area contributed by atoms with Crippen molar-refractivity contribution < 1.29 is 32.6 Å². The van der Waals surface area contributed by atoms with E-state index in [1.54, 1.807) is 35.8 Å². The molecule has 10 heteroatoms. The van der Waals surface area contributed by atoms with Crippen molar-refractivity contribution >= 4 is 12.0 Å². The Morgan fingerprint density at radius 2 is 1.79 bits per heavy atom. The van der Waals surface area contributed by atoms with Crippen LogP contribution in [0, 0.1) is 0 Å². The van der Waals surface area contributed by atoms with Gasteiger partial charge >= 0.3 is 12.5 Å². The standard InChI is InChI=1S/C19H20F3N3O4/c1-29-19(28)24-10-14-7-6-13(9-23-14)11-2-4-12(5-3-11)16(26)15(8-20)25-18(27)17(21)22/h2-7,9,15-17,26H,8,10H2,1H3,(H,24,28)(H,25,27)/t15-,16-/m1/s1. The van der Waals surface area contributed by atoms with Gasteiger partial charge in [-0.25, -0.2) is 9.18 Å². The van der Waals surface area contributed by atoms with E-state index in [4.69, 9.17) is 0 Å². The molecule has 1 aromatic heterocycles. The lowest BCUT2D eigenvalue weighted by atomic mass is 9.99. The monoisotopic (exact) mass is 411 g/mol. The molecule has 1 heterocycles. The Morgan fingerprint density at radius 3 is 2.31 bits per heavy atom. The number of alkyl carbamates (subject to hydrolysis) is 1. The van der Waals surface area contributed by atoms with Crippen LogP contribution >= 0.6 is 0 Å². The average Bonchev–Trinajstić information content (AvgIpc) is 2.75. The highest BCUT2D eigenvalue weighted by molar-refractivity contribution is 5.79. The third-order valence-corrected chi connectivity index (χ3v) is 4.08. The molecule has 0 saturated heterocycles. The Bertz CT molecular complexity index is 816. The summed E-state index contributed by atoms with van der Waals surface area (Å²) in [6.07, 6.45) is -3.76. The first-order valence-corrected chi connectivity index (χ1v) is 8.55. The number of ether oxygens (including phenoxy) is 1. The summed E-state index contributed by atoms with van der Waals surface area (Å²) in [4.78, 5) is 26.3. The van der Waals surface area contributed by atoms with E-state index in [2.05, 4.69) is 15.0 Å². The zero-order valence-electron chi connectivity index (χ0n) is 15.4. The fraction of sp³-hybridized carbons (Fsp3) is 0.316. The van der Waals surface area contributed by atoms with Gasteiger partial charge in [-0.2, -0.15) is 8.78 Å². The number of carbonyl (C=O) groups excluding carboxylic acids is 2. The largest absolute Gasteiger partial charge is 0.453 e. The highest BCUT2D eigenvalue weighted by Gasteiger charge is 2.26. The molecule has 0 saturated carbocycles. The number of hydrogen-bond donors (Lipinski definition) is 3. The van der Waals surface area contributed by atoms with E-state index in [0.717, 1.165) is 11.1 Å². The van der Waals surface area contributed by atoms with Crippen LogP contribution in [-0.4, -0.2) is 48.3 Å². The smallest absolute Gasteiger partial charge is 0.407 e. The zero-order valence-corrected chi connectivity index (χ0v) is 15.4. The molecular weight excluding hydrogens is 391 g/mol. The molecule has 2 rings (SSSR count). The molecule has 0 fully saturated rings. The maximum Gasteiger partial charge on any atom is 0.407 e. The number of pyridine rings is 1. The molecule has 0 aliphatic rings. The SMILES string of the molecule is COC(=O)NCc1ccc(-c2ccc([C@@H](O)[C@@H](CF)NC(=O)C(F)F)cc2)cn1. The number of nitrogens with zero attached hydrogens (tertiary/aromatic N) is 1. The molecule has 2 amide bonds. The van der Waals surface area contributed by atoms with E-state index < -0.39 is 37.2 Å². The molecular formula is C19H20F3N3O4. The van der Waals surface area contributed by atoms with Crippen molar-refractivity contribution in [3.05, 3.63) is 53.9 Å². The first-order valence-electron chi connectivity index (χ1n) is 8.55.